The first-order chi connectivity index (χ1) is 18.4. The van der Waals surface area contributed by atoms with Crippen LogP contribution in [0, 0.1) is 16.7 Å². The number of benzene rings is 2. The van der Waals surface area contributed by atoms with Gasteiger partial charge < -0.3 is 15.5 Å². The van der Waals surface area contributed by atoms with Crippen LogP contribution in [0.25, 0.3) is 20.8 Å². The quantitative estimate of drug-likeness (QED) is 0.464. The van der Waals surface area contributed by atoms with Crippen LogP contribution in [0.3, 0.4) is 0 Å². The Kier molecular flexibility index (Phi) is 6.40. The van der Waals surface area contributed by atoms with Crippen molar-refractivity contribution in [2.45, 2.75) is 62.7 Å². The van der Waals surface area contributed by atoms with Gasteiger partial charge in [0.1, 0.15) is 17.2 Å². The number of nitriles is 1. The second-order valence-electron chi connectivity index (χ2n) is 11.0. The molecule has 9 heteroatoms. The minimum Gasteiger partial charge on any atom is -0.326 e. The lowest BCUT2D eigenvalue weighted by molar-refractivity contribution is -0.135. The van der Waals surface area contributed by atoms with Gasteiger partial charge in [-0.2, -0.15) is 5.26 Å². The zero-order valence-corrected chi connectivity index (χ0v) is 21.9. The number of nitrogens with zero attached hydrogens (tertiary/aromatic N) is 3. The van der Waals surface area contributed by atoms with Crippen molar-refractivity contribution in [3.8, 4) is 16.6 Å². The maximum absolute atomic E-state index is 13.7. The Labute approximate surface area is 225 Å². The highest BCUT2D eigenvalue weighted by Crippen LogP contribution is 2.52. The Balaban J connectivity index is 1.04. The summed E-state index contributed by atoms with van der Waals surface area (Å²) in [5.41, 5.74) is 2.24. The number of thiazole rings is 1. The van der Waals surface area contributed by atoms with Gasteiger partial charge in [0.05, 0.1) is 29.4 Å². The number of carbonyl (C=O) groups excluding carboxylic acids is 2. The minimum atomic E-state index is -1.13. The maximum Gasteiger partial charge on any atom is 0.237 e. The lowest BCUT2D eigenvalue weighted by atomic mass is 9.57. The molecule has 7 rings (SSSR count). The van der Waals surface area contributed by atoms with Crippen molar-refractivity contribution in [2.24, 2.45) is 5.41 Å². The average molecular weight is 532 g/mol. The van der Waals surface area contributed by atoms with E-state index in [0.29, 0.717) is 0 Å². The van der Waals surface area contributed by atoms with Gasteiger partial charge in [0.25, 0.3) is 0 Å². The predicted octanol–water partition coefficient (Wildman–Crippen LogP) is 5.05. The van der Waals surface area contributed by atoms with E-state index in [0.717, 1.165) is 65.0 Å². The van der Waals surface area contributed by atoms with Gasteiger partial charge >= 0.3 is 0 Å². The van der Waals surface area contributed by atoms with Crippen molar-refractivity contribution in [1.29, 1.82) is 5.26 Å². The summed E-state index contributed by atoms with van der Waals surface area (Å²) in [7, 11) is 0. The number of alkyl halides is 1. The number of likely N-dealkylation sites (tertiary alicyclic amines) is 1. The molecule has 2 unspecified atom stereocenters. The number of anilines is 1. The highest BCUT2D eigenvalue weighted by atomic mass is 32.1. The van der Waals surface area contributed by atoms with E-state index in [9.17, 15) is 19.2 Å². The van der Waals surface area contributed by atoms with Gasteiger partial charge in [-0.05, 0) is 74.9 Å². The van der Waals surface area contributed by atoms with Gasteiger partial charge in [-0.15, -0.1) is 11.3 Å². The van der Waals surface area contributed by atoms with Crippen LogP contribution in [-0.4, -0.2) is 52.5 Å². The molecule has 3 saturated carbocycles. The van der Waals surface area contributed by atoms with E-state index in [1.165, 1.54) is 4.90 Å². The normalized spacial score (nSPS) is 28.4. The molecule has 196 valence electrons. The number of para-hydroxylation sites is 1. The van der Waals surface area contributed by atoms with Gasteiger partial charge in [-0.25, -0.2) is 9.37 Å². The SMILES string of the molecule is N#CC1CC(F)CN1C(=O)CNC12CCC(C(=O)Nc3ccc(-c4nc5ccccc5s4)cc3)(CC1)CC2. The van der Waals surface area contributed by atoms with Gasteiger partial charge in [0.15, 0.2) is 0 Å². The number of fused-ring (bicyclic) bond motifs is 4. The molecule has 2 aromatic carbocycles. The largest absolute Gasteiger partial charge is 0.326 e. The Morgan fingerprint density at radius 3 is 2.47 bits per heavy atom. The first-order valence-electron chi connectivity index (χ1n) is 13.2. The number of halogens is 1. The molecule has 4 aliphatic rings. The van der Waals surface area contributed by atoms with Gasteiger partial charge in [-0.3, -0.25) is 9.59 Å². The molecular weight excluding hydrogens is 501 g/mol. The minimum absolute atomic E-state index is 0.00337. The molecule has 0 spiro atoms. The standard InChI is InChI=1S/C29H30FN5O2S/c30-20-15-22(16-31)35(18-20)25(36)17-32-29-12-9-28(10-13-29,11-14-29)27(37)33-21-7-5-19(6-8-21)26-34-23-3-1-2-4-24(23)38-26/h1-8,20,22,32H,9-15,17-18H2,(H,33,37). The lowest BCUT2D eigenvalue weighted by Gasteiger charge is -2.52. The second kappa shape index (κ2) is 9.75. The van der Waals surface area contributed by atoms with Gasteiger partial charge in [0.2, 0.25) is 11.8 Å². The van der Waals surface area contributed by atoms with Crippen LogP contribution in [0.5, 0.6) is 0 Å². The summed E-state index contributed by atoms with van der Waals surface area (Å²) in [4.78, 5) is 32.2. The number of nitrogens with one attached hydrogen (secondary N) is 2. The van der Waals surface area contributed by atoms with E-state index in [4.69, 9.17) is 4.98 Å². The average Bonchev–Trinajstić information content (AvgIpc) is 3.56. The first kappa shape index (κ1) is 25.0. The van der Waals surface area contributed by atoms with Crippen LogP contribution in [-0.2, 0) is 9.59 Å². The van der Waals surface area contributed by atoms with Crippen molar-refractivity contribution in [1.82, 2.24) is 15.2 Å². The van der Waals surface area contributed by atoms with E-state index >= 15 is 0 Å². The fourth-order valence-electron chi connectivity index (χ4n) is 6.29. The van der Waals surface area contributed by atoms with Crippen molar-refractivity contribution >= 4 is 39.1 Å². The van der Waals surface area contributed by atoms with Crippen LogP contribution in [0.2, 0.25) is 0 Å². The topological polar surface area (TPSA) is 98.1 Å². The predicted molar refractivity (Wildman–Crippen MR) is 145 cm³/mol. The molecular formula is C29H30FN5O2S. The van der Waals surface area contributed by atoms with Crippen molar-refractivity contribution in [3.63, 3.8) is 0 Å². The van der Waals surface area contributed by atoms with Crippen molar-refractivity contribution < 1.29 is 14.0 Å². The molecule has 38 heavy (non-hydrogen) atoms. The Morgan fingerprint density at radius 2 is 1.79 bits per heavy atom. The summed E-state index contributed by atoms with van der Waals surface area (Å²) in [6.45, 7) is 0.0989. The molecule has 1 saturated heterocycles. The monoisotopic (exact) mass is 531 g/mol. The number of amides is 2. The number of carbonyl (C=O) groups is 2. The molecule has 2 amide bonds. The molecule has 3 aliphatic carbocycles. The number of hydrogen-bond donors (Lipinski definition) is 2. The van der Waals surface area contributed by atoms with Crippen LogP contribution >= 0.6 is 11.3 Å². The highest BCUT2D eigenvalue weighted by Gasteiger charge is 2.52. The van der Waals surface area contributed by atoms with Crippen LogP contribution in [0.15, 0.2) is 48.5 Å². The highest BCUT2D eigenvalue weighted by molar-refractivity contribution is 7.21. The molecule has 4 fully saturated rings. The molecule has 1 aliphatic heterocycles. The zero-order valence-electron chi connectivity index (χ0n) is 21.1. The van der Waals surface area contributed by atoms with Crippen LogP contribution in [0.4, 0.5) is 10.1 Å². The van der Waals surface area contributed by atoms with E-state index in [-0.39, 0.29) is 42.3 Å². The van der Waals surface area contributed by atoms with E-state index in [1.807, 2.05) is 48.5 Å². The number of hydrogen-bond acceptors (Lipinski definition) is 6. The summed E-state index contributed by atoms with van der Waals surface area (Å²) < 4.78 is 14.9. The fraction of sp³-hybridized carbons (Fsp3) is 0.448. The van der Waals surface area contributed by atoms with E-state index < -0.39 is 12.2 Å². The molecule has 7 nitrogen and oxygen atoms in total. The molecule has 2 atom stereocenters. The van der Waals surface area contributed by atoms with Gasteiger partial charge in [-0.1, -0.05) is 12.1 Å². The van der Waals surface area contributed by atoms with Crippen LogP contribution in [0.1, 0.15) is 44.9 Å². The molecule has 1 aromatic heterocycles. The summed E-state index contributed by atoms with van der Waals surface area (Å²) in [6.07, 6.45) is 3.71. The molecule has 2 N–H and O–H groups in total. The van der Waals surface area contributed by atoms with Crippen molar-refractivity contribution in [3.05, 3.63) is 48.5 Å². The molecule has 2 bridgehead atoms. The number of rotatable bonds is 6. The fourth-order valence-corrected chi connectivity index (χ4v) is 7.27. The first-order valence-corrected chi connectivity index (χ1v) is 14.1. The molecule has 0 radical (unpaired) electrons. The Morgan fingerprint density at radius 1 is 1.08 bits per heavy atom. The summed E-state index contributed by atoms with van der Waals surface area (Å²) in [6, 6.07) is 17.3. The van der Waals surface area contributed by atoms with Crippen LogP contribution < -0.4 is 10.6 Å². The summed E-state index contributed by atoms with van der Waals surface area (Å²) in [5, 5.41) is 16.8. The third kappa shape index (κ3) is 4.56. The zero-order chi connectivity index (χ0) is 26.3. The maximum atomic E-state index is 13.7. The number of aromatic nitrogens is 1. The molecule has 3 aromatic rings. The smallest absolute Gasteiger partial charge is 0.237 e. The second-order valence-corrected chi connectivity index (χ2v) is 12.0. The summed E-state index contributed by atoms with van der Waals surface area (Å²) in [5.74, 6) is -0.155. The third-order valence-corrected chi connectivity index (χ3v) is 9.83. The Hall–Kier alpha value is -3.35. The summed E-state index contributed by atoms with van der Waals surface area (Å²) >= 11 is 1.66. The lowest BCUT2D eigenvalue weighted by Crippen LogP contribution is -2.59. The van der Waals surface area contributed by atoms with E-state index in [1.54, 1.807) is 11.3 Å². The van der Waals surface area contributed by atoms with Crippen molar-refractivity contribution in [2.75, 3.05) is 18.4 Å². The Bertz CT molecular complexity index is 1360. The molecule has 2 heterocycles. The van der Waals surface area contributed by atoms with E-state index in [2.05, 4.69) is 16.7 Å². The third-order valence-electron chi connectivity index (χ3n) is 8.75. The van der Waals surface area contributed by atoms with Gasteiger partial charge in [0, 0.05) is 28.6 Å².